The number of halogens is 1. The van der Waals surface area contributed by atoms with Gasteiger partial charge in [0.25, 0.3) is 0 Å². The molecule has 2 aromatic rings. The van der Waals surface area contributed by atoms with Crippen LogP contribution in [0, 0.1) is 0 Å². The van der Waals surface area contributed by atoms with E-state index in [-0.39, 0.29) is 12.5 Å². The molecule has 0 unspecified atom stereocenters. The molecule has 18 heavy (non-hydrogen) atoms. The second-order valence-corrected chi connectivity index (χ2v) is 4.59. The summed E-state index contributed by atoms with van der Waals surface area (Å²) in [5.41, 5.74) is 2.24. The van der Waals surface area contributed by atoms with Crippen molar-refractivity contribution in [3.8, 4) is 0 Å². The van der Waals surface area contributed by atoms with Gasteiger partial charge < -0.3 is 9.47 Å². The molecule has 4 nitrogen and oxygen atoms in total. The van der Waals surface area contributed by atoms with E-state index < -0.39 is 0 Å². The third-order valence-corrected chi connectivity index (χ3v) is 3.47. The second-order valence-electron chi connectivity index (χ2n) is 4.25. The van der Waals surface area contributed by atoms with E-state index in [1.54, 1.807) is 17.0 Å². The molecular weight excluding hydrogens is 250 g/mol. The summed E-state index contributed by atoms with van der Waals surface area (Å²) in [6, 6.07) is 8.00. The van der Waals surface area contributed by atoms with Crippen molar-refractivity contribution >= 4 is 23.2 Å². The van der Waals surface area contributed by atoms with Crippen LogP contribution in [0.15, 0.2) is 36.7 Å². The lowest BCUT2D eigenvalue weighted by molar-refractivity contribution is -0.119. The van der Waals surface area contributed by atoms with Crippen LogP contribution in [0.25, 0.3) is 0 Å². The van der Waals surface area contributed by atoms with Crippen LogP contribution in [-0.2, 0) is 17.8 Å². The first kappa shape index (κ1) is 11.3. The zero-order valence-electron chi connectivity index (χ0n) is 9.71. The van der Waals surface area contributed by atoms with Gasteiger partial charge >= 0.3 is 0 Å². The van der Waals surface area contributed by atoms with Gasteiger partial charge in [-0.3, -0.25) is 4.79 Å². The monoisotopic (exact) mass is 261 g/mol. The Morgan fingerprint density at radius 3 is 3.00 bits per heavy atom. The van der Waals surface area contributed by atoms with E-state index in [1.807, 2.05) is 23.1 Å². The average Bonchev–Trinajstić information content (AvgIpc) is 2.96. The zero-order chi connectivity index (χ0) is 12.5. The molecule has 92 valence electrons. The van der Waals surface area contributed by atoms with Crippen LogP contribution in [0.3, 0.4) is 0 Å². The minimum absolute atomic E-state index is 0.0415. The first-order chi connectivity index (χ1) is 8.75. The summed E-state index contributed by atoms with van der Waals surface area (Å²) < 4.78 is 1.64. The SMILES string of the molecule is O=C(Cn1ccnc1Cl)N1CCc2ccccc21. The highest BCUT2D eigenvalue weighted by atomic mass is 35.5. The van der Waals surface area contributed by atoms with E-state index in [0.29, 0.717) is 5.28 Å². The van der Waals surface area contributed by atoms with Gasteiger partial charge in [0.2, 0.25) is 11.2 Å². The smallest absolute Gasteiger partial charge is 0.247 e. The van der Waals surface area contributed by atoms with Crippen LogP contribution in [0.1, 0.15) is 5.56 Å². The standard InChI is InChI=1S/C13H12ClN3O/c14-13-15-6-8-16(13)9-12(18)17-7-5-10-3-1-2-4-11(10)17/h1-4,6,8H,5,7,9H2. The first-order valence-electron chi connectivity index (χ1n) is 5.80. The number of anilines is 1. The summed E-state index contributed by atoms with van der Waals surface area (Å²) >= 11 is 5.87. The van der Waals surface area contributed by atoms with Crippen molar-refractivity contribution in [3.63, 3.8) is 0 Å². The Balaban J connectivity index is 1.81. The topological polar surface area (TPSA) is 38.1 Å². The summed E-state index contributed by atoms with van der Waals surface area (Å²) in [5.74, 6) is 0.0415. The maximum absolute atomic E-state index is 12.2. The molecule has 1 aromatic heterocycles. The molecule has 0 atom stereocenters. The molecule has 1 aromatic carbocycles. The molecular formula is C13H12ClN3O. The van der Waals surface area contributed by atoms with E-state index in [9.17, 15) is 4.79 Å². The quantitative estimate of drug-likeness (QED) is 0.831. The fraction of sp³-hybridized carbons (Fsp3) is 0.231. The number of amides is 1. The maximum Gasteiger partial charge on any atom is 0.247 e. The van der Waals surface area contributed by atoms with Gasteiger partial charge in [-0.15, -0.1) is 0 Å². The fourth-order valence-corrected chi connectivity index (χ4v) is 2.43. The Kier molecular flexibility index (Phi) is 2.80. The lowest BCUT2D eigenvalue weighted by atomic mass is 10.2. The lowest BCUT2D eigenvalue weighted by Gasteiger charge is -2.17. The highest BCUT2D eigenvalue weighted by molar-refractivity contribution is 6.28. The summed E-state index contributed by atoms with van der Waals surface area (Å²) in [6.45, 7) is 0.970. The summed E-state index contributed by atoms with van der Waals surface area (Å²) in [7, 11) is 0. The number of carbonyl (C=O) groups is 1. The second kappa shape index (κ2) is 4.46. The number of benzene rings is 1. The lowest BCUT2D eigenvalue weighted by Crippen LogP contribution is -2.32. The van der Waals surface area contributed by atoms with Crippen LogP contribution in [0.4, 0.5) is 5.69 Å². The van der Waals surface area contributed by atoms with E-state index >= 15 is 0 Å². The molecule has 2 heterocycles. The number of hydrogen-bond acceptors (Lipinski definition) is 2. The molecule has 1 aliphatic rings. The summed E-state index contributed by atoms with van der Waals surface area (Å²) in [5, 5.41) is 0.343. The molecule has 0 saturated carbocycles. The number of carbonyl (C=O) groups excluding carboxylic acids is 1. The third kappa shape index (κ3) is 1.88. The number of nitrogens with zero attached hydrogens (tertiary/aromatic N) is 3. The maximum atomic E-state index is 12.2. The minimum atomic E-state index is 0.0415. The predicted molar refractivity (Wildman–Crippen MR) is 69.7 cm³/mol. The van der Waals surface area contributed by atoms with Crippen molar-refractivity contribution in [2.75, 3.05) is 11.4 Å². The number of fused-ring (bicyclic) bond motifs is 1. The molecule has 0 bridgehead atoms. The normalized spacial score (nSPS) is 13.7. The number of rotatable bonds is 2. The van der Waals surface area contributed by atoms with E-state index in [0.717, 1.165) is 18.7 Å². The molecule has 1 amide bonds. The number of para-hydroxylation sites is 1. The first-order valence-corrected chi connectivity index (χ1v) is 6.18. The van der Waals surface area contributed by atoms with Gasteiger partial charge in [0.1, 0.15) is 6.54 Å². The zero-order valence-corrected chi connectivity index (χ0v) is 10.5. The minimum Gasteiger partial charge on any atom is -0.312 e. The summed E-state index contributed by atoms with van der Waals surface area (Å²) in [6.07, 6.45) is 4.22. The van der Waals surface area contributed by atoms with Crippen LogP contribution in [0.2, 0.25) is 5.28 Å². The van der Waals surface area contributed by atoms with Crippen molar-refractivity contribution in [2.24, 2.45) is 0 Å². The highest BCUT2D eigenvalue weighted by Crippen LogP contribution is 2.27. The molecule has 1 aliphatic heterocycles. The van der Waals surface area contributed by atoms with Crippen molar-refractivity contribution in [1.82, 2.24) is 9.55 Å². The molecule has 0 saturated heterocycles. The largest absolute Gasteiger partial charge is 0.312 e. The number of hydrogen-bond donors (Lipinski definition) is 0. The van der Waals surface area contributed by atoms with Crippen molar-refractivity contribution in [1.29, 1.82) is 0 Å². The van der Waals surface area contributed by atoms with E-state index in [4.69, 9.17) is 11.6 Å². The Hall–Kier alpha value is -1.81. The van der Waals surface area contributed by atoms with Crippen molar-refractivity contribution in [3.05, 3.63) is 47.5 Å². The number of aromatic nitrogens is 2. The van der Waals surface area contributed by atoms with Gasteiger partial charge in [-0.25, -0.2) is 4.98 Å². The van der Waals surface area contributed by atoms with Crippen LogP contribution in [-0.4, -0.2) is 22.0 Å². The average molecular weight is 262 g/mol. The Morgan fingerprint density at radius 1 is 1.39 bits per heavy atom. The Morgan fingerprint density at radius 2 is 2.22 bits per heavy atom. The molecule has 0 fully saturated rings. The van der Waals surface area contributed by atoms with Gasteiger partial charge in [-0.05, 0) is 29.7 Å². The van der Waals surface area contributed by atoms with Crippen LogP contribution >= 0.6 is 11.6 Å². The Bertz CT molecular complexity index is 593. The van der Waals surface area contributed by atoms with Crippen molar-refractivity contribution in [2.45, 2.75) is 13.0 Å². The summed E-state index contributed by atoms with van der Waals surface area (Å²) in [4.78, 5) is 18.0. The predicted octanol–water partition coefficient (Wildman–Crippen LogP) is 2.13. The van der Waals surface area contributed by atoms with Gasteiger partial charge in [-0.1, -0.05) is 18.2 Å². The van der Waals surface area contributed by atoms with Gasteiger partial charge in [-0.2, -0.15) is 0 Å². The molecule has 5 heteroatoms. The van der Waals surface area contributed by atoms with Crippen molar-refractivity contribution < 1.29 is 4.79 Å². The van der Waals surface area contributed by atoms with Crippen LogP contribution < -0.4 is 4.90 Å². The molecule has 0 aliphatic carbocycles. The van der Waals surface area contributed by atoms with Gasteiger partial charge in [0.15, 0.2) is 0 Å². The third-order valence-electron chi connectivity index (χ3n) is 3.16. The molecule has 0 spiro atoms. The van der Waals surface area contributed by atoms with Gasteiger partial charge in [0, 0.05) is 24.6 Å². The highest BCUT2D eigenvalue weighted by Gasteiger charge is 2.24. The number of imidazole rings is 1. The Labute approximate surface area is 110 Å². The van der Waals surface area contributed by atoms with Gasteiger partial charge in [0.05, 0.1) is 0 Å². The van der Waals surface area contributed by atoms with E-state index in [2.05, 4.69) is 11.1 Å². The molecule has 0 N–H and O–H groups in total. The molecule has 3 rings (SSSR count). The molecule has 0 radical (unpaired) electrons. The van der Waals surface area contributed by atoms with E-state index in [1.165, 1.54) is 5.56 Å². The fourth-order valence-electron chi connectivity index (χ4n) is 2.26. The van der Waals surface area contributed by atoms with Crippen LogP contribution in [0.5, 0.6) is 0 Å².